The molecule has 1 aromatic heterocycles. The van der Waals surface area contributed by atoms with Gasteiger partial charge in [-0.15, -0.1) is 0 Å². The van der Waals surface area contributed by atoms with Crippen LogP contribution in [0, 0.1) is 19.8 Å². The molecule has 2 heterocycles. The molecule has 7 nitrogen and oxygen atoms in total. The highest BCUT2D eigenvalue weighted by molar-refractivity contribution is 5.95. The number of benzene rings is 1. The van der Waals surface area contributed by atoms with Crippen LogP contribution in [0.1, 0.15) is 28.4 Å². The molecule has 0 unspecified atom stereocenters. The van der Waals surface area contributed by atoms with E-state index in [-0.39, 0.29) is 12.5 Å². The van der Waals surface area contributed by atoms with Crippen LogP contribution in [0.4, 0.5) is 0 Å². The van der Waals surface area contributed by atoms with E-state index in [1.54, 1.807) is 21.7 Å². The maximum atomic E-state index is 12.4. The smallest absolute Gasteiger partial charge is 0.308 e. The lowest BCUT2D eigenvalue weighted by molar-refractivity contribution is -0.141. The number of carboxylic acids is 1. The fraction of sp³-hybridized carbons (Fsp3) is 0.375. The van der Waals surface area contributed by atoms with Crippen molar-refractivity contribution in [3.8, 4) is 5.69 Å². The molecule has 3 rings (SSSR count). The molecule has 23 heavy (non-hydrogen) atoms. The molecular formula is C16H18N4O3. The monoisotopic (exact) mass is 314 g/mol. The summed E-state index contributed by atoms with van der Waals surface area (Å²) in [6.45, 7) is 4.46. The number of aryl methyl sites for hydroxylation is 2. The summed E-state index contributed by atoms with van der Waals surface area (Å²) in [4.78, 5) is 29.3. The highest BCUT2D eigenvalue weighted by atomic mass is 16.4. The zero-order valence-electron chi connectivity index (χ0n) is 13.1. The second kappa shape index (κ2) is 5.83. The van der Waals surface area contributed by atoms with Gasteiger partial charge in [-0.1, -0.05) is 0 Å². The van der Waals surface area contributed by atoms with E-state index in [2.05, 4.69) is 10.1 Å². The Hall–Kier alpha value is -2.70. The minimum Gasteiger partial charge on any atom is -0.481 e. The lowest BCUT2D eigenvalue weighted by atomic mass is 10.1. The molecule has 2 aromatic rings. The van der Waals surface area contributed by atoms with Gasteiger partial charge in [0.25, 0.3) is 5.91 Å². The van der Waals surface area contributed by atoms with Crippen molar-refractivity contribution < 1.29 is 14.7 Å². The van der Waals surface area contributed by atoms with E-state index >= 15 is 0 Å². The van der Waals surface area contributed by atoms with E-state index < -0.39 is 11.9 Å². The molecule has 0 spiro atoms. The number of aliphatic carboxylic acids is 1. The Bertz CT molecular complexity index is 751. The minimum atomic E-state index is -0.840. The molecule has 1 N–H and O–H groups in total. The molecule has 0 radical (unpaired) electrons. The highest BCUT2D eigenvalue weighted by Crippen LogP contribution is 2.20. The number of rotatable bonds is 3. The van der Waals surface area contributed by atoms with Crippen molar-refractivity contribution in [2.24, 2.45) is 5.92 Å². The summed E-state index contributed by atoms with van der Waals surface area (Å²) in [5.74, 6) is 0.0447. The average Bonchev–Trinajstić information content (AvgIpc) is 3.13. The molecule has 120 valence electrons. The van der Waals surface area contributed by atoms with Crippen LogP contribution in [0.15, 0.2) is 24.3 Å². The van der Waals surface area contributed by atoms with E-state index in [1.165, 1.54) is 0 Å². The minimum absolute atomic E-state index is 0.133. The summed E-state index contributed by atoms with van der Waals surface area (Å²) in [5, 5.41) is 13.3. The van der Waals surface area contributed by atoms with Crippen molar-refractivity contribution in [3.05, 3.63) is 41.5 Å². The quantitative estimate of drug-likeness (QED) is 0.926. The number of aromatic nitrogens is 3. The first-order chi connectivity index (χ1) is 11.0. The number of hydrogen-bond donors (Lipinski definition) is 1. The molecule has 0 saturated carbocycles. The van der Waals surface area contributed by atoms with Crippen LogP contribution in [0.25, 0.3) is 5.69 Å². The second-order valence-electron chi connectivity index (χ2n) is 5.74. The normalized spacial score (nSPS) is 17.5. The molecule has 1 saturated heterocycles. The summed E-state index contributed by atoms with van der Waals surface area (Å²) in [7, 11) is 0. The van der Waals surface area contributed by atoms with E-state index in [0.29, 0.717) is 24.4 Å². The molecule has 1 atom stereocenters. The maximum absolute atomic E-state index is 12.4. The van der Waals surface area contributed by atoms with Gasteiger partial charge in [-0.25, -0.2) is 9.67 Å². The molecule has 0 aliphatic carbocycles. The van der Waals surface area contributed by atoms with Crippen LogP contribution >= 0.6 is 0 Å². The summed E-state index contributed by atoms with van der Waals surface area (Å²) in [6, 6.07) is 7.11. The molecule has 1 amide bonds. The fourth-order valence-corrected chi connectivity index (χ4v) is 2.84. The standard InChI is InChI=1S/C16H18N4O3/c1-10-17-11(2)20(18-10)14-5-3-12(4-6-14)15(21)19-8-7-13(9-19)16(22)23/h3-6,13H,7-9H2,1-2H3,(H,22,23)/t13-/m0/s1. The van der Waals surface area contributed by atoms with Gasteiger partial charge in [0.15, 0.2) is 0 Å². The predicted octanol–water partition coefficient (Wildman–Crippen LogP) is 1.43. The average molecular weight is 314 g/mol. The number of carbonyl (C=O) groups excluding carboxylic acids is 1. The number of likely N-dealkylation sites (tertiary alicyclic amines) is 1. The molecule has 1 fully saturated rings. The zero-order chi connectivity index (χ0) is 16.6. The number of nitrogens with zero attached hydrogens (tertiary/aromatic N) is 4. The van der Waals surface area contributed by atoms with Crippen LogP contribution < -0.4 is 0 Å². The van der Waals surface area contributed by atoms with Gasteiger partial charge >= 0.3 is 5.97 Å². The van der Waals surface area contributed by atoms with Gasteiger partial charge in [-0.2, -0.15) is 5.10 Å². The van der Waals surface area contributed by atoms with Crippen LogP contribution in [0.3, 0.4) is 0 Å². The summed E-state index contributed by atoms with van der Waals surface area (Å²) in [6.07, 6.45) is 0.511. The molecule has 1 aromatic carbocycles. The van der Waals surface area contributed by atoms with Gasteiger partial charge in [0.2, 0.25) is 0 Å². The van der Waals surface area contributed by atoms with E-state index in [1.807, 2.05) is 26.0 Å². The highest BCUT2D eigenvalue weighted by Gasteiger charge is 2.31. The van der Waals surface area contributed by atoms with Crippen LogP contribution in [-0.4, -0.2) is 49.7 Å². The third-order valence-corrected chi connectivity index (χ3v) is 4.06. The number of hydrogen-bond acceptors (Lipinski definition) is 4. The molecule has 0 bridgehead atoms. The first-order valence-corrected chi connectivity index (χ1v) is 7.48. The van der Waals surface area contributed by atoms with E-state index in [0.717, 1.165) is 11.5 Å². The first-order valence-electron chi connectivity index (χ1n) is 7.48. The Morgan fingerprint density at radius 3 is 2.43 bits per heavy atom. The molecule has 1 aliphatic heterocycles. The van der Waals surface area contributed by atoms with Crippen LogP contribution in [-0.2, 0) is 4.79 Å². The van der Waals surface area contributed by atoms with E-state index in [4.69, 9.17) is 5.11 Å². The van der Waals surface area contributed by atoms with Crippen molar-refractivity contribution in [2.45, 2.75) is 20.3 Å². The summed E-state index contributed by atoms with van der Waals surface area (Å²) < 4.78 is 1.72. The summed E-state index contributed by atoms with van der Waals surface area (Å²) >= 11 is 0. The Morgan fingerprint density at radius 1 is 1.22 bits per heavy atom. The maximum Gasteiger partial charge on any atom is 0.308 e. The number of carbonyl (C=O) groups is 2. The third-order valence-electron chi connectivity index (χ3n) is 4.06. The largest absolute Gasteiger partial charge is 0.481 e. The van der Waals surface area contributed by atoms with E-state index in [9.17, 15) is 9.59 Å². The Labute approximate surface area is 133 Å². The Morgan fingerprint density at radius 2 is 1.91 bits per heavy atom. The van der Waals surface area contributed by atoms with Crippen molar-refractivity contribution in [1.82, 2.24) is 19.7 Å². The van der Waals surface area contributed by atoms with Gasteiger partial charge in [0.05, 0.1) is 11.6 Å². The lowest BCUT2D eigenvalue weighted by Gasteiger charge is -2.16. The van der Waals surface area contributed by atoms with Crippen molar-refractivity contribution in [3.63, 3.8) is 0 Å². The van der Waals surface area contributed by atoms with Gasteiger partial charge in [-0.05, 0) is 44.5 Å². The van der Waals surface area contributed by atoms with Crippen molar-refractivity contribution in [2.75, 3.05) is 13.1 Å². The van der Waals surface area contributed by atoms with Crippen molar-refractivity contribution >= 4 is 11.9 Å². The third kappa shape index (κ3) is 2.94. The molecule has 7 heteroatoms. The van der Waals surface area contributed by atoms with Gasteiger partial charge in [0.1, 0.15) is 11.6 Å². The SMILES string of the molecule is Cc1nc(C)n(-c2ccc(C(=O)N3CC[C@H](C(=O)O)C3)cc2)n1. The molecular weight excluding hydrogens is 296 g/mol. The second-order valence-corrected chi connectivity index (χ2v) is 5.74. The van der Waals surface area contributed by atoms with Gasteiger partial charge in [-0.3, -0.25) is 9.59 Å². The predicted molar refractivity (Wildman–Crippen MR) is 82.5 cm³/mol. The number of amides is 1. The fourth-order valence-electron chi connectivity index (χ4n) is 2.84. The first kappa shape index (κ1) is 15.2. The Kier molecular flexibility index (Phi) is 3.85. The molecule has 1 aliphatic rings. The lowest BCUT2D eigenvalue weighted by Crippen LogP contribution is -2.29. The van der Waals surface area contributed by atoms with Crippen LogP contribution in [0.5, 0.6) is 0 Å². The number of carboxylic acid groups (broad SMARTS) is 1. The topological polar surface area (TPSA) is 88.3 Å². The van der Waals surface area contributed by atoms with Crippen LogP contribution in [0.2, 0.25) is 0 Å². The zero-order valence-corrected chi connectivity index (χ0v) is 13.1. The van der Waals surface area contributed by atoms with Gasteiger partial charge in [0, 0.05) is 18.7 Å². The van der Waals surface area contributed by atoms with Crippen molar-refractivity contribution in [1.29, 1.82) is 0 Å². The summed E-state index contributed by atoms with van der Waals surface area (Å²) in [5.41, 5.74) is 1.39. The van der Waals surface area contributed by atoms with Gasteiger partial charge < -0.3 is 10.0 Å². The Balaban J connectivity index is 1.76.